The third-order valence-corrected chi connectivity index (χ3v) is 6.39. The van der Waals surface area contributed by atoms with E-state index in [0.29, 0.717) is 34.2 Å². The topological polar surface area (TPSA) is 70.0 Å². The SMILES string of the molecule is COc1ccc2c(c1)c(CC(=O)OCCCN1CCOCC1)c(C)n2C(=O)c1ccc(Cl)cc1. The van der Waals surface area contributed by atoms with Crippen molar-refractivity contribution in [1.29, 1.82) is 0 Å². The van der Waals surface area contributed by atoms with Gasteiger partial charge in [0.25, 0.3) is 5.91 Å². The molecule has 1 aromatic heterocycles. The maximum Gasteiger partial charge on any atom is 0.310 e. The molecule has 1 aliphatic rings. The number of fused-ring (bicyclic) bond motifs is 1. The Morgan fingerprint density at radius 3 is 2.53 bits per heavy atom. The molecule has 2 heterocycles. The van der Waals surface area contributed by atoms with Gasteiger partial charge in [-0.3, -0.25) is 19.1 Å². The number of hydrogen-bond acceptors (Lipinski definition) is 6. The first kappa shape index (κ1) is 24.3. The van der Waals surface area contributed by atoms with Gasteiger partial charge in [0.2, 0.25) is 0 Å². The van der Waals surface area contributed by atoms with Crippen LogP contribution in [-0.2, 0) is 20.7 Å². The number of esters is 1. The van der Waals surface area contributed by atoms with Gasteiger partial charge in [-0.15, -0.1) is 0 Å². The summed E-state index contributed by atoms with van der Waals surface area (Å²) < 4.78 is 17.9. The van der Waals surface area contributed by atoms with Gasteiger partial charge in [-0.25, -0.2) is 0 Å². The summed E-state index contributed by atoms with van der Waals surface area (Å²) in [5.41, 5.74) is 2.69. The monoisotopic (exact) mass is 484 g/mol. The number of halogens is 1. The lowest BCUT2D eigenvalue weighted by molar-refractivity contribution is -0.143. The van der Waals surface area contributed by atoms with Crippen LogP contribution in [0, 0.1) is 6.92 Å². The van der Waals surface area contributed by atoms with E-state index in [0.717, 1.165) is 50.2 Å². The summed E-state index contributed by atoms with van der Waals surface area (Å²) in [6, 6.07) is 12.3. The summed E-state index contributed by atoms with van der Waals surface area (Å²) in [6.45, 7) is 6.42. The molecular formula is C26H29ClN2O5. The van der Waals surface area contributed by atoms with Crippen LogP contribution in [0.5, 0.6) is 5.75 Å². The highest BCUT2D eigenvalue weighted by Crippen LogP contribution is 2.31. The van der Waals surface area contributed by atoms with Crippen LogP contribution in [0.3, 0.4) is 0 Å². The molecule has 2 aromatic carbocycles. The molecule has 0 bridgehead atoms. The molecule has 0 aliphatic carbocycles. The maximum absolute atomic E-state index is 13.4. The third-order valence-electron chi connectivity index (χ3n) is 6.14. The highest BCUT2D eigenvalue weighted by atomic mass is 35.5. The lowest BCUT2D eigenvalue weighted by atomic mass is 10.1. The van der Waals surface area contributed by atoms with Crippen LogP contribution in [-0.4, -0.2) is 67.9 Å². The smallest absolute Gasteiger partial charge is 0.310 e. The average Bonchev–Trinajstić information content (AvgIpc) is 3.12. The third kappa shape index (κ3) is 5.43. The number of benzene rings is 2. The number of rotatable bonds is 8. The molecule has 0 amide bonds. The van der Waals surface area contributed by atoms with Crippen molar-refractivity contribution in [3.63, 3.8) is 0 Å². The van der Waals surface area contributed by atoms with Gasteiger partial charge in [0.05, 0.1) is 38.9 Å². The Labute approximate surface area is 204 Å². The Morgan fingerprint density at radius 1 is 1.09 bits per heavy atom. The van der Waals surface area contributed by atoms with E-state index < -0.39 is 0 Å². The molecule has 3 aromatic rings. The molecule has 8 heteroatoms. The molecule has 180 valence electrons. The quantitative estimate of drug-likeness (QED) is 0.354. The Kier molecular flexibility index (Phi) is 7.88. The van der Waals surface area contributed by atoms with Gasteiger partial charge in [0.15, 0.2) is 0 Å². The fourth-order valence-electron chi connectivity index (χ4n) is 4.29. The zero-order valence-corrected chi connectivity index (χ0v) is 20.3. The van der Waals surface area contributed by atoms with Crippen molar-refractivity contribution in [3.8, 4) is 5.75 Å². The van der Waals surface area contributed by atoms with Crippen LogP contribution in [0.4, 0.5) is 0 Å². The summed E-state index contributed by atoms with van der Waals surface area (Å²) >= 11 is 5.99. The largest absolute Gasteiger partial charge is 0.497 e. The summed E-state index contributed by atoms with van der Waals surface area (Å²) in [5, 5.41) is 1.36. The van der Waals surface area contributed by atoms with Crippen LogP contribution in [0.25, 0.3) is 10.9 Å². The second-order valence-electron chi connectivity index (χ2n) is 8.30. The number of nitrogens with zero attached hydrogens (tertiary/aromatic N) is 2. The maximum atomic E-state index is 13.4. The van der Waals surface area contributed by atoms with Gasteiger partial charge in [-0.05, 0) is 61.4 Å². The van der Waals surface area contributed by atoms with E-state index >= 15 is 0 Å². The first-order valence-corrected chi connectivity index (χ1v) is 11.8. The van der Waals surface area contributed by atoms with Crippen molar-refractivity contribution in [2.45, 2.75) is 19.8 Å². The van der Waals surface area contributed by atoms with Crippen LogP contribution < -0.4 is 4.74 Å². The molecular weight excluding hydrogens is 456 g/mol. The van der Waals surface area contributed by atoms with Crippen LogP contribution in [0.2, 0.25) is 5.02 Å². The highest BCUT2D eigenvalue weighted by Gasteiger charge is 2.22. The fraction of sp³-hybridized carbons (Fsp3) is 0.385. The van der Waals surface area contributed by atoms with E-state index in [9.17, 15) is 9.59 Å². The zero-order chi connectivity index (χ0) is 24.1. The van der Waals surface area contributed by atoms with Crippen molar-refractivity contribution >= 4 is 34.4 Å². The number of methoxy groups -OCH3 is 1. The average molecular weight is 485 g/mol. The van der Waals surface area contributed by atoms with E-state index in [4.69, 9.17) is 25.8 Å². The minimum absolute atomic E-state index is 0.0773. The van der Waals surface area contributed by atoms with E-state index in [-0.39, 0.29) is 18.3 Å². The van der Waals surface area contributed by atoms with Crippen LogP contribution in [0.1, 0.15) is 28.0 Å². The molecule has 34 heavy (non-hydrogen) atoms. The van der Waals surface area contributed by atoms with E-state index in [1.807, 2.05) is 19.1 Å². The number of carbonyl (C=O) groups excluding carboxylic acids is 2. The molecule has 0 radical (unpaired) electrons. The summed E-state index contributed by atoms with van der Waals surface area (Å²) in [5.74, 6) is 0.157. The first-order chi connectivity index (χ1) is 16.5. The van der Waals surface area contributed by atoms with Gasteiger partial charge >= 0.3 is 5.97 Å². The Morgan fingerprint density at radius 2 is 1.82 bits per heavy atom. The van der Waals surface area contributed by atoms with E-state index in [1.54, 1.807) is 42.0 Å². The lowest BCUT2D eigenvalue weighted by Crippen LogP contribution is -2.37. The molecule has 0 saturated carbocycles. The Balaban J connectivity index is 1.52. The number of aromatic nitrogens is 1. The van der Waals surface area contributed by atoms with Gasteiger partial charge in [-0.1, -0.05) is 11.6 Å². The lowest BCUT2D eigenvalue weighted by Gasteiger charge is -2.26. The van der Waals surface area contributed by atoms with Gasteiger partial charge in [0, 0.05) is 41.3 Å². The summed E-state index contributed by atoms with van der Waals surface area (Å²) in [6.07, 6.45) is 0.851. The molecule has 1 aliphatic heterocycles. The molecule has 1 fully saturated rings. The second kappa shape index (κ2) is 11.0. The van der Waals surface area contributed by atoms with Crippen LogP contribution in [0.15, 0.2) is 42.5 Å². The minimum Gasteiger partial charge on any atom is -0.497 e. The van der Waals surface area contributed by atoms with Crippen LogP contribution >= 0.6 is 11.6 Å². The van der Waals surface area contributed by atoms with Crippen molar-refractivity contribution in [2.75, 3.05) is 46.6 Å². The normalized spacial score (nSPS) is 14.3. The molecule has 0 N–H and O–H groups in total. The van der Waals surface area contributed by atoms with E-state index in [2.05, 4.69) is 4.90 Å². The molecule has 4 rings (SSSR count). The second-order valence-corrected chi connectivity index (χ2v) is 8.74. The standard InChI is InChI=1S/C26H29ClN2O5/c1-18-22(17-25(30)34-13-3-10-28-11-14-33-15-12-28)23-16-21(32-2)8-9-24(23)29(18)26(31)19-4-6-20(27)7-5-19/h4-9,16H,3,10-15,17H2,1-2H3. The highest BCUT2D eigenvalue weighted by molar-refractivity contribution is 6.30. The molecule has 1 saturated heterocycles. The number of hydrogen-bond donors (Lipinski definition) is 0. The predicted octanol–water partition coefficient (Wildman–Crippen LogP) is 4.11. The molecule has 7 nitrogen and oxygen atoms in total. The molecule has 0 spiro atoms. The summed E-state index contributed by atoms with van der Waals surface area (Å²) in [7, 11) is 1.59. The number of ether oxygens (including phenoxy) is 3. The Bertz CT molecular complexity index is 1170. The van der Waals surface area contributed by atoms with E-state index in [1.165, 1.54) is 0 Å². The molecule has 0 unspecified atom stereocenters. The zero-order valence-electron chi connectivity index (χ0n) is 19.5. The van der Waals surface area contributed by atoms with Gasteiger partial charge < -0.3 is 14.2 Å². The molecule has 0 atom stereocenters. The van der Waals surface area contributed by atoms with Crippen molar-refractivity contribution < 1.29 is 23.8 Å². The van der Waals surface area contributed by atoms with Gasteiger partial charge in [0.1, 0.15) is 5.75 Å². The van der Waals surface area contributed by atoms with Crippen molar-refractivity contribution in [1.82, 2.24) is 9.47 Å². The van der Waals surface area contributed by atoms with Crippen molar-refractivity contribution in [2.24, 2.45) is 0 Å². The fourth-order valence-corrected chi connectivity index (χ4v) is 4.42. The first-order valence-electron chi connectivity index (χ1n) is 11.4. The summed E-state index contributed by atoms with van der Waals surface area (Å²) in [4.78, 5) is 28.4. The Hall–Kier alpha value is -2.87. The van der Waals surface area contributed by atoms with Crippen molar-refractivity contribution in [3.05, 3.63) is 64.3 Å². The van der Waals surface area contributed by atoms with Gasteiger partial charge in [-0.2, -0.15) is 0 Å². The number of carbonyl (C=O) groups is 2. The number of morpholine rings is 1. The predicted molar refractivity (Wildman–Crippen MR) is 131 cm³/mol. The minimum atomic E-state index is -0.314.